The molecule has 1 aliphatic rings. The molecule has 8 nitrogen and oxygen atoms in total. The second kappa shape index (κ2) is 10.8. The summed E-state index contributed by atoms with van der Waals surface area (Å²) in [6.45, 7) is 1.42. The van der Waals surface area contributed by atoms with E-state index in [4.69, 9.17) is 9.47 Å². The molecule has 3 aromatic carbocycles. The van der Waals surface area contributed by atoms with Crippen LogP contribution in [0.4, 0.5) is 29.3 Å². The van der Waals surface area contributed by atoms with Crippen molar-refractivity contribution in [3.8, 4) is 11.5 Å². The molecular formula is C27H25F3N4O4. The third-order valence-electron chi connectivity index (χ3n) is 5.98. The summed E-state index contributed by atoms with van der Waals surface area (Å²) in [4.78, 5) is 24.7. The van der Waals surface area contributed by atoms with Gasteiger partial charge >= 0.3 is 12.2 Å². The van der Waals surface area contributed by atoms with Crippen molar-refractivity contribution in [2.24, 2.45) is 5.10 Å². The van der Waals surface area contributed by atoms with Gasteiger partial charge in [-0.25, -0.2) is 9.80 Å². The Morgan fingerprint density at radius 1 is 0.947 bits per heavy atom. The highest BCUT2D eigenvalue weighted by Gasteiger charge is 2.34. The summed E-state index contributed by atoms with van der Waals surface area (Å²) in [7, 11) is 3.08. The van der Waals surface area contributed by atoms with Gasteiger partial charge in [-0.15, -0.1) is 0 Å². The highest BCUT2D eigenvalue weighted by Crippen LogP contribution is 2.36. The molecule has 2 N–H and O–H groups in total. The number of para-hydroxylation sites is 1. The molecule has 0 spiro atoms. The van der Waals surface area contributed by atoms with Gasteiger partial charge in [0.2, 0.25) is 5.91 Å². The number of alkyl halides is 3. The number of nitrogens with one attached hydrogen (secondary N) is 2. The minimum atomic E-state index is -4.60. The Morgan fingerprint density at radius 2 is 1.63 bits per heavy atom. The minimum absolute atomic E-state index is 0.240. The highest BCUT2D eigenvalue weighted by atomic mass is 19.4. The number of anilines is 2. The number of carbonyl (C=O) groups is 2. The first-order valence-corrected chi connectivity index (χ1v) is 11.5. The number of urea groups is 1. The van der Waals surface area contributed by atoms with Crippen LogP contribution < -0.4 is 20.1 Å². The Bertz CT molecular complexity index is 1370. The molecule has 198 valence electrons. The lowest BCUT2D eigenvalue weighted by Gasteiger charge is -2.21. The van der Waals surface area contributed by atoms with Gasteiger partial charge in [-0.2, -0.15) is 18.3 Å². The molecule has 1 aliphatic heterocycles. The van der Waals surface area contributed by atoms with Crippen LogP contribution in [0.5, 0.6) is 11.5 Å². The quantitative estimate of drug-likeness (QED) is 0.408. The maximum absolute atomic E-state index is 13.2. The molecule has 1 heterocycles. The maximum Gasteiger partial charge on any atom is 0.418 e. The second-order valence-corrected chi connectivity index (χ2v) is 8.44. The number of nitrogens with zero attached hydrogens (tertiary/aromatic N) is 2. The van der Waals surface area contributed by atoms with Gasteiger partial charge in [0.1, 0.15) is 0 Å². The highest BCUT2D eigenvalue weighted by molar-refractivity contribution is 6.03. The van der Waals surface area contributed by atoms with E-state index in [2.05, 4.69) is 15.7 Å². The van der Waals surface area contributed by atoms with Gasteiger partial charge in [0, 0.05) is 24.6 Å². The van der Waals surface area contributed by atoms with Crippen molar-refractivity contribution in [3.05, 3.63) is 83.4 Å². The fourth-order valence-corrected chi connectivity index (χ4v) is 4.16. The van der Waals surface area contributed by atoms with Crippen molar-refractivity contribution in [2.75, 3.05) is 24.9 Å². The fraction of sp³-hybridized carbons (Fsp3) is 0.222. The SMILES string of the molecule is COc1ccc(C2=NN(C(C)=O)C(c3ccc(NC(=O)Nc4ccccc4C(F)(F)F)cc3)C2)cc1OC. The van der Waals surface area contributed by atoms with Crippen LogP contribution in [0.1, 0.15) is 36.1 Å². The van der Waals surface area contributed by atoms with E-state index in [1.54, 1.807) is 43.5 Å². The van der Waals surface area contributed by atoms with Crippen LogP contribution in [-0.4, -0.2) is 36.9 Å². The molecular weight excluding hydrogens is 501 g/mol. The molecule has 0 radical (unpaired) electrons. The predicted octanol–water partition coefficient (Wildman–Crippen LogP) is 6.06. The Balaban J connectivity index is 1.48. The number of halogens is 3. The lowest BCUT2D eigenvalue weighted by Crippen LogP contribution is -2.24. The fourth-order valence-electron chi connectivity index (χ4n) is 4.16. The van der Waals surface area contributed by atoms with E-state index in [0.29, 0.717) is 29.3 Å². The molecule has 0 saturated carbocycles. The number of ether oxygens (including phenoxy) is 2. The Labute approximate surface area is 217 Å². The van der Waals surface area contributed by atoms with E-state index in [9.17, 15) is 22.8 Å². The number of hydrogen-bond acceptors (Lipinski definition) is 5. The molecule has 0 saturated heterocycles. The average Bonchev–Trinajstić information content (AvgIpc) is 3.34. The van der Waals surface area contributed by atoms with E-state index >= 15 is 0 Å². The Morgan fingerprint density at radius 3 is 2.26 bits per heavy atom. The first kappa shape index (κ1) is 26.5. The number of rotatable bonds is 6. The molecule has 0 aliphatic carbocycles. The number of methoxy groups -OCH3 is 2. The largest absolute Gasteiger partial charge is 0.493 e. The molecule has 0 bridgehead atoms. The molecule has 38 heavy (non-hydrogen) atoms. The summed E-state index contributed by atoms with van der Waals surface area (Å²) in [5, 5.41) is 10.7. The van der Waals surface area contributed by atoms with Crippen LogP contribution >= 0.6 is 0 Å². The lowest BCUT2D eigenvalue weighted by atomic mass is 9.98. The molecule has 11 heteroatoms. The summed E-state index contributed by atoms with van der Waals surface area (Å²) in [5.41, 5.74) is 1.32. The van der Waals surface area contributed by atoms with Crippen molar-refractivity contribution in [3.63, 3.8) is 0 Å². The van der Waals surface area contributed by atoms with Crippen LogP contribution in [0.3, 0.4) is 0 Å². The molecule has 1 unspecified atom stereocenters. The van der Waals surface area contributed by atoms with Crippen LogP contribution in [0, 0.1) is 0 Å². The maximum atomic E-state index is 13.2. The van der Waals surface area contributed by atoms with E-state index in [-0.39, 0.29) is 17.6 Å². The van der Waals surface area contributed by atoms with Gasteiger partial charge < -0.3 is 20.1 Å². The monoisotopic (exact) mass is 526 g/mol. The topological polar surface area (TPSA) is 92.3 Å². The summed E-state index contributed by atoms with van der Waals surface area (Å²) in [6.07, 6.45) is -4.16. The first-order valence-electron chi connectivity index (χ1n) is 11.5. The number of amides is 3. The number of hydrogen-bond donors (Lipinski definition) is 2. The Hall–Kier alpha value is -4.54. The van der Waals surface area contributed by atoms with E-state index in [1.165, 1.54) is 37.2 Å². The summed E-state index contributed by atoms with van der Waals surface area (Å²) in [5.74, 6) is 0.872. The van der Waals surface area contributed by atoms with Gasteiger partial charge in [0.15, 0.2) is 11.5 Å². The molecule has 4 rings (SSSR count). The summed E-state index contributed by atoms with van der Waals surface area (Å²) >= 11 is 0. The molecule has 0 fully saturated rings. The third kappa shape index (κ3) is 5.72. The standard InChI is InChI=1S/C27H25F3N4O4/c1-16(35)34-23(15-22(33-34)18-10-13-24(37-2)25(14-18)38-3)17-8-11-19(12-9-17)31-26(36)32-21-7-5-4-6-20(21)27(28,29)30/h4-14,23H,15H2,1-3H3,(H2,31,32,36). The van der Waals surface area contributed by atoms with E-state index in [0.717, 1.165) is 17.2 Å². The lowest BCUT2D eigenvalue weighted by molar-refractivity contribution is -0.137. The Kier molecular flexibility index (Phi) is 7.56. The van der Waals surface area contributed by atoms with Crippen molar-refractivity contribution >= 4 is 29.0 Å². The normalized spacial score (nSPS) is 15.1. The smallest absolute Gasteiger partial charge is 0.418 e. The number of benzene rings is 3. The number of carbonyl (C=O) groups excluding carboxylic acids is 2. The van der Waals surface area contributed by atoms with E-state index < -0.39 is 17.8 Å². The average molecular weight is 527 g/mol. The van der Waals surface area contributed by atoms with Gasteiger partial charge in [-0.05, 0) is 48.0 Å². The van der Waals surface area contributed by atoms with Crippen LogP contribution in [0.2, 0.25) is 0 Å². The predicted molar refractivity (Wildman–Crippen MR) is 136 cm³/mol. The molecule has 0 aromatic heterocycles. The zero-order valence-electron chi connectivity index (χ0n) is 20.8. The van der Waals surface area contributed by atoms with Crippen LogP contribution in [0.15, 0.2) is 71.8 Å². The summed E-state index contributed by atoms with van der Waals surface area (Å²) in [6, 6.07) is 15.6. The number of hydrazone groups is 1. The molecule has 3 aromatic rings. The van der Waals surface area contributed by atoms with Gasteiger partial charge in [0.05, 0.1) is 37.2 Å². The zero-order valence-corrected chi connectivity index (χ0v) is 20.8. The summed E-state index contributed by atoms with van der Waals surface area (Å²) < 4.78 is 50.2. The third-order valence-corrected chi connectivity index (χ3v) is 5.98. The van der Waals surface area contributed by atoms with Crippen LogP contribution in [0.25, 0.3) is 0 Å². The van der Waals surface area contributed by atoms with Crippen molar-refractivity contribution < 1.29 is 32.2 Å². The van der Waals surface area contributed by atoms with Crippen LogP contribution in [-0.2, 0) is 11.0 Å². The van der Waals surface area contributed by atoms with Crippen molar-refractivity contribution in [2.45, 2.75) is 25.6 Å². The van der Waals surface area contributed by atoms with Gasteiger partial charge in [-0.3, -0.25) is 4.79 Å². The minimum Gasteiger partial charge on any atom is -0.493 e. The van der Waals surface area contributed by atoms with Crippen molar-refractivity contribution in [1.82, 2.24) is 5.01 Å². The van der Waals surface area contributed by atoms with Crippen molar-refractivity contribution in [1.29, 1.82) is 0 Å². The van der Waals surface area contributed by atoms with Gasteiger partial charge in [0.25, 0.3) is 0 Å². The second-order valence-electron chi connectivity index (χ2n) is 8.44. The molecule has 3 amide bonds. The zero-order chi connectivity index (χ0) is 27.4. The van der Waals surface area contributed by atoms with Gasteiger partial charge in [-0.1, -0.05) is 24.3 Å². The first-order chi connectivity index (χ1) is 18.1. The molecule has 1 atom stereocenters. The van der Waals surface area contributed by atoms with E-state index in [1.807, 2.05) is 6.07 Å².